The Bertz CT molecular complexity index is 739. The Labute approximate surface area is 174 Å². The maximum absolute atomic E-state index is 11.0. The zero-order valence-corrected chi connectivity index (χ0v) is 18.0. The second kappa shape index (κ2) is 8.16. The molecule has 8 heteroatoms. The highest BCUT2D eigenvalue weighted by atomic mass is 127. The third-order valence-corrected chi connectivity index (χ3v) is 6.19. The van der Waals surface area contributed by atoms with Crippen molar-refractivity contribution >= 4 is 73.7 Å². The first-order valence-electron chi connectivity index (χ1n) is 6.38. The van der Waals surface area contributed by atoms with Gasteiger partial charge in [0, 0.05) is 0 Å². The average molecular weight is 651 g/mol. The van der Waals surface area contributed by atoms with E-state index in [4.69, 9.17) is 15.6 Å². The van der Waals surface area contributed by atoms with E-state index in [1.54, 1.807) is 24.3 Å². The van der Waals surface area contributed by atoms with Crippen molar-refractivity contribution < 1.29 is 19.7 Å². The zero-order chi connectivity index (χ0) is 17.1. The molecule has 0 unspecified atom stereocenters. The second-order valence-corrected chi connectivity index (χ2v) is 8.34. The normalized spacial score (nSPS) is 13.4. The second-order valence-electron chi connectivity index (χ2n) is 4.67. The standard InChI is InChI=1S/C15H12I3NO4/c16-9-5-7(13(18)14(19)15(21)22)1-3-11(9)23-12-4-2-8(20)6-10(12)17/h1-6,13-14,20H,19H2,(H,21,22)/t13-,14-/m0/s1. The van der Waals surface area contributed by atoms with Crippen LogP contribution in [-0.4, -0.2) is 22.2 Å². The fraction of sp³-hybridized carbons (Fsp3) is 0.133. The fourth-order valence-electron chi connectivity index (χ4n) is 1.79. The lowest BCUT2D eigenvalue weighted by Crippen LogP contribution is -2.33. The predicted molar refractivity (Wildman–Crippen MR) is 112 cm³/mol. The van der Waals surface area contributed by atoms with E-state index in [-0.39, 0.29) is 9.67 Å². The average Bonchev–Trinajstić information content (AvgIpc) is 2.50. The Balaban J connectivity index is 2.24. The molecule has 0 saturated heterocycles. The van der Waals surface area contributed by atoms with Gasteiger partial charge in [-0.15, -0.1) is 0 Å². The van der Waals surface area contributed by atoms with Crippen LogP contribution in [0.1, 0.15) is 9.49 Å². The summed E-state index contributed by atoms with van der Waals surface area (Å²) >= 11 is 6.25. The van der Waals surface area contributed by atoms with Crippen molar-refractivity contribution in [2.75, 3.05) is 0 Å². The van der Waals surface area contributed by atoms with E-state index in [1.165, 1.54) is 0 Å². The molecule has 0 spiro atoms. The highest BCUT2D eigenvalue weighted by Gasteiger charge is 2.23. The molecule has 0 radical (unpaired) electrons. The first kappa shape index (κ1) is 19.0. The molecule has 2 aromatic carbocycles. The third-order valence-electron chi connectivity index (χ3n) is 3.01. The molecule has 2 aromatic rings. The molecule has 0 bridgehead atoms. The van der Waals surface area contributed by atoms with Crippen molar-refractivity contribution in [2.24, 2.45) is 5.73 Å². The summed E-state index contributed by atoms with van der Waals surface area (Å²) in [5.41, 5.74) is 6.50. The number of halogens is 3. The van der Waals surface area contributed by atoms with Crippen LogP contribution in [0, 0.1) is 7.14 Å². The van der Waals surface area contributed by atoms with Gasteiger partial charge in [-0.05, 0) is 81.1 Å². The van der Waals surface area contributed by atoms with E-state index in [9.17, 15) is 9.90 Å². The number of hydrogen-bond acceptors (Lipinski definition) is 4. The number of aromatic hydroxyl groups is 1. The van der Waals surface area contributed by atoms with Crippen molar-refractivity contribution in [2.45, 2.75) is 9.97 Å². The van der Waals surface area contributed by atoms with Gasteiger partial charge in [-0.2, -0.15) is 0 Å². The van der Waals surface area contributed by atoms with Crippen molar-refractivity contribution in [3.63, 3.8) is 0 Å². The first-order chi connectivity index (χ1) is 10.8. The summed E-state index contributed by atoms with van der Waals surface area (Å²) in [7, 11) is 0. The molecular formula is C15H12I3NO4. The summed E-state index contributed by atoms with van der Waals surface area (Å²) in [6.07, 6.45) is 0. The number of carboxylic acid groups (broad SMARTS) is 1. The molecule has 23 heavy (non-hydrogen) atoms. The number of nitrogens with two attached hydrogens (primary N) is 1. The predicted octanol–water partition coefficient (Wildman–Crippen LogP) is 4.28. The van der Waals surface area contributed by atoms with Gasteiger partial charge in [0.25, 0.3) is 0 Å². The summed E-state index contributed by atoms with van der Waals surface area (Å²) in [4.78, 5) is 11.0. The highest BCUT2D eigenvalue weighted by Crippen LogP contribution is 2.35. The van der Waals surface area contributed by atoms with E-state index in [1.807, 2.05) is 34.7 Å². The maximum Gasteiger partial charge on any atom is 0.321 e. The SMILES string of the molecule is N[C@H](C(=O)O)[C@@H](I)c1ccc(Oc2ccc(O)cc2I)c(I)c1. The number of rotatable bonds is 5. The van der Waals surface area contributed by atoms with E-state index in [2.05, 4.69) is 45.2 Å². The molecule has 122 valence electrons. The number of carbonyl (C=O) groups is 1. The smallest absolute Gasteiger partial charge is 0.321 e. The topological polar surface area (TPSA) is 92.8 Å². The van der Waals surface area contributed by atoms with Crippen LogP contribution < -0.4 is 10.5 Å². The van der Waals surface area contributed by atoms with Crippen molar-refractivity contribution in [1.29, 1.82) is 0 Å². The number of ether oxygens (including phenoxy) is 1. The number of alkyl halides is 1. The van der Waals surface area contributed by atoms with Gasteiger partial charge in [-0.25, -0.2) is 0 Å². The Kier molecular flexibility index (Phi) is 6.74. The molecule has 0 aromatic heterocycles. The first-order valence-corrected chi connectivity index (χ1v) is 9.78. The molecule has 4 N–H and O–H groups in total. The molecule has 0 aliphatic carbocycles. The molecule has 0 fully saturated rings. The van der Waals surface area contributed by atoms with Gasteiger partial charge >= 0.3 is 5.97 Å². The van der Waals surface area contributed by atoms with Crippen LogP contribution in [0.2, 0.25) is 0 Å². The zero-order valence-electron chi connectivity index (χ0n) is 11.5. The number of carboxylic acids is 1. The van der Waals surface area contributed by atoms with E-state index in [0.29, 0.717) is 11.5 Å². The van der Waals surface area contributed by atoms with Crippen LogP contribution in [0.25, 0.3) is 0 Å². The van der Waals surface area contributed by atoms with Gasteiger partial charge in [0.1, 0.15) is 23.3 Å². The van der Waals surface area contributed by atoms with Crippen LogP contribution in [0.5, 0.6) is 17.2 Å². The van der Waals surface area contributed by atoms with Crippen LogP contribution in [0.4, 0.5) is 0 Å². The van der Waals surface area contributed by atoms with Gasteiger partial charge in [-0.3, -0.25) is 4.79 Å². The minimum Gasteiger partial charge on any atom is -0.508 e. The molecule has 2 rings (SSSR count). The number of phenolic OH excluding ortho intramolecular Hbond substituents is 1. The van der Waals surface area contributed by atoms with Crippen LogP contribution >= 0.6 is 67.8 Å². The van der Waals surface area contributed by atoms with E-state index >= 15 is 0 Å². The van der Waals surface area contributed by atoms with Crippen molar-refractivity contribution in [1.82, 2.24) is 0 Å². The van der Waals surface area contributed by atoms with Crippen molar-refractivity contribution in [3.8, 4) is 17.2 Å². The number of hydrogen-bond donors (Lipinski definition) is 3. The lowest BCUT2D eigenvalue weighted by molar-refractivity contribution is -0.138. The Hall–Kier alpha value is -0.340. The molecule has 0 saturated carbocycles. The monoisotopic (exact) mass is 651 g/mol. The molecule has 2 atom stereocenters. The third kappa shape index (κ3) is 4.82. The summed E-state index contributed by atoms with van der Waals surface area (Å²) < 4.78 is 7.17. The molecule has 0 aliphatic heterocycles. The number of aliphatic carboxylic acids is 1. The quantitative estimate of drug-likeness (QED) is 0.332. The van der Waals surface area contributed by atoms with Crippen LogP contribution in [0.15, 0.2) is 36.4 Å². The Morgan fingerprint density at radius 2 is 1.65 bits per heavy atom. The lowest BCUT2D eigenvalue weighted by atomic mass is 10.1. The molecule has 5 nitrogen and oxygen atoms in total. The van der Waals surface area contributed by atoms with Gasteiger partial charge in [-0.1, -0.05) is 28.7 Å². The molecular weight excluding hydrogens is 639 g/mol. The van der Waals surface area contributed by atoms with Gasteiger partial charge < -0.3 is 20.7 Å². The minimum absolute atomic E-state index is 0.183. The van der Waals surface area contributed by atoms with Crippen LogP contribution in [-0.2, 0) is 4.79 Å². The van der Waals surface area contributed by atoms with E-state index < -0.39 is 12.0 Å². The molecule has 0 aliphatic rings. The summed E-state index contributed by atoms with van der Waals surface area (Å²) in [6, 6.07) is 9.38. The maximum atomic E-state index is 11.0. The largest absolute Gasteiger partial charge is 0.508 e. The minimum atomic E-state index is -1.03. The Morgan fingerprint density at radius 3 is 2.17 bits per heavy atom. The molecule has 0 amide bonds. The summed E-state index contributed by atoms with van der Waals surface area (Å²) in [6.45, 7) is 0. The summed E-state index contributed by atoms with van der Waals surface area (Å²) in [5.74, 6) is 0.452. The number of benzene rings is 2. The molecule has 0 heterocycles. The Morgan fingerprint density at radius 1 is 1.09 bits per heavy atom. The summed E-state index contributed by atoms with van der Waals surface area (Å²) in [5, 5.41) is 18.4. The fourth-order valence-corrected chi connectivity index (χ4v) is 3.75. The van der Waals surface area contributed by atoms with Gasteiger partial charge in [0.15, 0.2) is 0 Å². The van der Waals surface area contributed by atoms with Gasteiger partial charge in [0.2, 0.25) is 0 Å². The van der Waals surface area contributed by atoms with E-state index in [0.717, 1.165) is 12.7 Å². The number of phenols is 1. The van der Waals surface area contributed by atoms with Crippen LogP contribution in [0.3, 0.4) is 0 Å². The van der Waals surface area contributed by atoms with Crippen molar-refractivity contribution in [3.05, 3.63) is 49.1 Å². The lowest BCUT2D eigenvalue weighted by Gasteiger charge is -2.16. The van der Waals surface area contributed by atoms with Gasteiger partial charge in [0.05, 0.1) is 11.1 Å². The highest BCUT2D eigenvalue weighted by molar-refractivity contribution is 14.1.